The monoisotopic (exact) mass is 189 g/mol. The van der Waals surface area contributed by atoms with Crippen molar-refractivity contribution in [3.8, 4) is 0 Å². The second kappa shape index (κ2) is 3.33. The molecule has 0 radical (unpaired) electrons. The second-order valence-corrected chi connectivity index (χ2v) is 3.60. The molecule has 4 nitrogen and oxygen atoms in total. The fourth-order valence-electron chi connectivity index (χ4n) is 1.67. The number of ether oxygens (including phenoxy) is 1. The molecular formula is C10H11N3O. The maximum atomic E-state index is 8.41. The maximum Gasteiger partial charge on any atom is 0.148 e. The van der Waals surface area contributed by atoms with Crippen LogP contribution in [0.25, 0.3) is 10.4 Å². The van der Waals surface area contributed by atoms with Crippen LogP contribution in [-0.4, -0.2) is 5.72 Å². The lowest BCUT2D eigenvalue weighted by atomic mass is 9.97. The number of rotatable bonds is 1. The van der Waals surface area contributed by atoms with Crippen molar-refractivity contribution >= 4 is 0 Å². The molecule has 1 aromatic carbocycles. The van der Waals surface area contributed by atoms with Crippen LogP contribution in [0.3, 0.4) is 0 Å². The zero-order valence-electron chi connectivity index (χ0n) is 7.97. The normalized spacial score (nSPS) is 24.9. The van der Waals surface area contributed by atoms with Crippen molar-refractivity contribution in [2.24, 2.45) is 5.11 Å². The lowest BCUT2D eigenvalue weighted by Crippen LogP contribution is -2.32. The highest BCUT2D eigenvalue weighted by molar-refractivity contribution is 5.29. The second-order valence-electron chi connectivity index (χ2n) is 3.60. The Morgan fingerprint density at radius 2 is 2.14 bits per heavy atom. The molecule has 0 amide bonds. The van der Waals surface area contributed by atoms with E-state index in [2.05, 4.69) is 10.0 Å². The van der Waals surface area contributed by atoms with Gasteiger partial charge in [-0.25, -0.2) is 0 Å². The first-order chi connectivity index (χ1) is 6.73. The average Bonchev–Trinajstić information content (AvgIpc) is 2.17. The summed E-state index contributed by atoms with van der Waals surface area (Å²) in [6.07, 6.45) is 0.646. The van der Waals surface area contributed by atoms with Crippen molar-refractivity contribution in [3.05, 3.63) is 45.8 Å². The van der Waals surface area contributed by atoms with E-state index in [0.717, 1.165) is 0 Å². The molecule has 1 aliphatic heterocycles. The Morgan fingerprint density at radius 1 is 1.43 bits per heavy atom. The highest BCUT2D eigenvalue weighted by Gasteiger charge is 2.29. The van der Waals surface area contributed by atoms with Crippen LogP contribution in [0.1, 0.15) is 18.1 Å². The minimum atomic E-state index is -0.719. The number of azide groups is 1. The van der Waals surface area contributed by atoms with E-state index >= 15 is 0 Å². The van der Waals surface area contributed by atoms with Gasteiger partial charge in [-0.05, 0) is 23.6 Å². The lowest BCUT2D eigenvalue weighted by molar-refractivity contribution is -0.0488. The van der Waals surface area contributed by atoms with Gasteiger partial charge in [-0.1, -0.05) is 29.4 Å². The van der Waals surface area contributed by atoms with E-state index in [1.807, 2.05) is 31.2 Å². The minimum Gasteiger partial charge on any atom is -0.364 e. The van der Waals surface area contributed by atoms with Crippen LogP contribution in [0.2, 0.25) is 0 Å². The Balaban J connectivity index is 2.33. The molecule has 0 saturated heterocycles. The van der Waals surface area contributed by atoms with Crippen LogP contribution in [0.15, 0.2) is 29.4 Å². The third-order valence-electron chi connectivity index (χ3n) is 2.43. The largest absolute Gasteiger partial charge is 0.364 e. The molecule has 4 heteroatoms. The number of nitrogens with zero attached hydrogens (tertiary/aromatic N) is 3. The van der Waals surface area contributed by atoms with Gasteiger partial charge in [0.2, 0.25) is 0 Å². The summed E-state index contributed by atoms with van der Waals surface area (Å²) in [5.41, 5.74) is 10.1. The molecule has 0 aromatic heterocycles. The molecular weight excluding hydrogens is 178 g/mol. The van der Waals surface area contributed by atoms with E-state index in [1.165, 1.54) is 11.1 Å². The Kier molecular flexibility index (Phi) is 2.15. The van der Waals surface area contributed by atoms with Crippen LogP contribution < -0.4 is 0 Å². The smallest absolute Gasteiger partial charge is 0.148 e. The first-order valence-electron chi connectivity index (χ1n) is 4.50. The highest BCUT2D eigenvalue weighted by atomic mass is 16.5. The summed E-state index contributed by atoms with van der Waals surface area (Å²) in [5.74, 6) is 0. The molecule has 14 heavy (non-hydrogen) atoms. The summed E-state index contributed by atoms with van der Waals surface area (Å²) in [5, 5.41) is 3.67. The van der Waals surface area contributed by atoms with E-state index < -0.39 is 5.72 Å². The van der Waals surface area contributed by atoms with Crippen LogP contribution in [-0.2, 0) is 17.8 Å². The molecule has 2 rings (SSSR count). The van der Waals surface area contributed by atoms with Crippen molar-refractivity contribution in [1.29, 1.82) is 0 Å². The Hall–Kier alpha value is -1.51. The molecule has 1 atom stereocenters. The molecule has 1 heterocycles. The zero-order chi connectivity index (χ0) is 10.0. The molecule has 0 saturated carbocycles. The number of fused-ring (bicyclic) bond motifs is 1. The van der Waals surface area contributed by atoms with E-state index in [1.54, 1.807) is 0 Å². The van der Waals surface area contributed by atoms with Crippen molar-refractivity contribution in [3.63, 3.8) is 0 Å². The Labute approximate surface area is 82.1 Å². The number of hydrogen-bond acceptors (Lipinski definition) is 2. The molecule has 0 spiro atoms. The molecule has 72 valence electrons. The fourth-order valence-corrected chi connectivity index (χ4v) is 1.67. The Morgan fingerprint density at radius 3 is 2.86 bits per heavy atom. The Bertz CT molecular complexity index is 398. The van der Waals surface area contributed by atoms with Gasteiger partial charge < -0.3 is 4.74 Å². The van der Waals surface area contributed by atoms with Crippen molar-refractivity contribution in [1.82, 2.24) is 0 Å². The van der Waals surface area contributed by atoms with Crippen LogP contribution >= 0.6 is 0 Å². The van der Waals surface area contributed by atoms with Gasteiger partial charge in [0, 0.05) is 11.3 Å². The average molecular weight is 189 g/mol. The van der Waals surface area contributed by atoms with Gasteiger partial charge >= 0.3 is 0 Å². The SMILES string of the molecule is CC1(N=[N+]=[N-])Cc2ccccc2CO1. The topological polar surface area (TPSA) is 58.0 Å². The van der Waals surface area contributed by atoms with E-state index in [0.29, 0.717) is 13.0 Å². The summed E-state index contributed by atoms with van der Waals surface area (Å²) in [6, 6.07) is 8.05. The van der Waals surface area contributed by atoms with Crippen molar-refractivity contribution in [2.45, 2.75) is 25.7 Å². The van der Waals surface area contributed by atoms with Crippen LogP contribution in [0, 0.1) is 0 Å². The molecule has 0 N–H and O–H groups in total. The third kappa shape index (κ3) is 1.58. The van der Waals surface area contributed by atoms with Gasteiger partial charge in [0.15, 0.2) is 0 Å². The van der Waals surface area contributed by atoms with Gasteiger partial charge in [0.25, 0.3) is 0 Å². The van der Waals surface area contributed by atoms with Gasteiger partial charge in [-0.2, -0.15) is 0 Å². The van der Waals surface area contributed by atoms with E-state index in [-0.39, 0.29) is 0 Å². The lowest BCUT2D eigenvalue weighted by Gasteiger charge is -2.30. The van der Waals surface area contributed by atoms with Gasteiger partial charge in [-0.3, -0.25) is 0 Å². The molecule has 1 unspecified atom stereocenters. The molecule has 0 aliphatic carbocycles. The van der Waals surface area contributed by atoms with Crippen molar-refractivity contribution in [2.75, 3.05) is 0 Å². The maximum absolute atomic E-state index is 8.41. The standard InChI is InChI=1S/C10H11N3O/c1-10(12-13-11)6-8-4-2-3-5-9(8)7-14-10/h2-5H,6-7H2,1H3. The predicted octanol–water partition coefficient (Wildman–Crippen LogP) is 2.79. The minimum absolute atomic E-state index is 0.520. The molecule has 0 fully saturated rings. The summed E-state index contributed by atoms with van der Waals surface area (Å²) in [4.78, 5) is 2.80. The van der Waals surface area contributed by atoms with E-state index in [9.17, 15) is 0 Å². The molecule has 0 bridgehead atoms. The summed E-state index contributed by atoms with van der Waals surface area (Å²) < 4.78 is 5.51. The summed E-state index contributed by atoms with van der Waals surface area (Å²) in [6.45, 7) is 2.33. The first-order valence-corrected chi connectivity index (χ1v) is 4.50. The van der Waals surface area contributed by atoms with Gasteiger partial charge in [-0.15, -0.1) is 0 Å². The number of benzene rings is 1. The van der Waals surface area contributed by atoms with Crippen LogP contribution in [0.5, 0.6) is 0 Å². The fraction of sp³-hybridized carbons (Fsp3) is 0.400. The molecule has 1 aliphatic rings. The summed E-state index contributed by atoms with van der Waals surface area (Å²) >= 11 is 0. The highest BCUT2D eigenvalue weighted by Crippen LogP contribution is 2.28. The first kappa shape index (κ1) is 9.06. The number of hydrogen-bond donors (Lipinski definition) is 0. The zero-order valence-corrected chi connectivity index (χ0v) is 7.97. The predicted molar refractivity (Wildman–Crippen MR) is 52.5 cm³/mol. The third-order valence-corrected chi connectivity index (χ3v) is 2.43. The van der Waals surface area contributed by atoms with Crippen molar-refractivity contribution < 1.29 is 4.74 Å². The van der Waals surface area contributed by atoms with Gasteiger partial charge in [0.1, 0.15) is 5.72 Å². The van der Waals surface area contributed by atoms with Gasteiger partial charge in [0.05, 0.1) is 6.61 Å². The molecule has 1 aromatic rings. The quantitative estimate of drug-likeness (QED) is 0.380. The summed E-state index contributed by atoms with van der Waals surface area (Å²) in [7, 11) is 0. The van der Waals surface area contributed by atoms with Crippen LogP contribution in [0.4, 0.5) is 0 Å². The van der Waals surface area contributed by atoms with E-state index in [4.69, 9.17) is 10.3 Å².